The second-order valence-corrected chi connectivity index (χ2v) is 10.0. The van der Waals surface area contributed by atoms with Crippen LogP contribution in [0.25, 0.3) is 0 Å². The quantitative estimate of drug-likeness (QED) is 0.226. The molecule has 1 aromatic heterocycles. The zero-order chi connectivity index (χ0) is 29.9. The van der Waals surface area contributed by atoms with Gasteiger partial charge in [-0.3, -0.25) is 14.7 Å². The Balaban J connectivity index is 0.000000326. The Hall–Kier alpha value is -4.36. The molecule has 1 amide bonds. The highest BCUT2D eigenvalue weighted by Gasteiger charge is 2.29. The molecule has 0 unspecified atom stereocenters. The number of rotatable bonds is 4. The molecule has 1 aromatic carbocycles. The fourth-order valence-corrected chi connectivity index (χ4v) is 5.35. The summed E-state index contributed by atoms with van der Waals surface area (Å²) in [6, 6.07) is 10.7. The van der Waals surface area contributed by atoms with E-state index in [9.17, 15) is 4.79 Å². The molecule has 41 heavy (non-hydrogen) atoms. The lowest BCUT2D eigenvalue weighted by atomic mass is 9.92. The minimum Gasteiger partial charge on any atom is -0.539 e. The highest BCUT2D eigenvalue weighted by atomic mass is 16.4. The third-order valence-electron chi connectivity index (χ3n) is 7.27. The lowest BCUT2D eigenvalue weighted by Gasteiger charge is -2.29. The van der Waals surface area contributed by atoms with E-state index in [-0.39, 0.29) is 5.91 Å². The number of para-hydroxylation sites is 1. The number of piperazine rings is 1. The number of nitrogens with zero attached hydrogens (tertiary/aromatic N) is 1. The van der Waals surface area contributed by atoms with Gasteiger partial charge >= 0.3 is 11.9 Å². The van der Waals surface area contributed by atoms with E-state index in [2.05, 4.69) is 35.6 Å². The van der Waals surface area contributed by atoms with E-state index in [0.717, 1.165) is 57.5 Å². The van der Waals surface area contributed by atoms with E-state index >= 15 is 0 Å². The number of hydrogen-bond acceptors (Lipinski definition) is 8. The van der Waals surface area contributed by atoms with Crippen molar-refractivity contribution in [1.82, 2.24) is 4.98 Å². The average molecular weight is 571 g/mol. The Bertz CT molecular complexity index is 1230. The van der Waals surface area contributed by atoms with Gasteiger partial charge in [0.1, 0.15) is 31.9 Å². The maximum atomic E-state index is 13.0. The molecule has 220 valence electrons. The topological polar surface area (TPSA) is 206 Å². The molecule has 1 aliphatic heterocycles. The van der Waals surface area contributed by atoms with E-state index in [1.165, 1.54) is 57.3 Å². The fourth-order valence-electron chi connectivity index (χ4n) is 5.35. The zero-order valence-corrected chi connectivity index (χ0v) is 22.6. The van der Waals surface area contributed by atoms with Crippen LogP contribution in [0.3, 0.4) is 0 Å². The van der Waals surface area contributed by atoms with E-state index in [1.807, 2.05) is 0 Å². The minimum absolute atomic E-state index is 0.177. The van der Waals surface area contributed by atoms with Crippen LogP contribution in [-0.2, 0) is 49.7 Å². The van der Waals surface area contributed by atoms with Crippen molar-refractivity contribution >= 4 is 41.2 Å². The number of aromatic nitrogens is 1. The van der Waals surface area contributed by atoms with Crippen LogP contribution in [0.5, 0.6) is 0 Å². The smallest absolute Gasteiger partial charge is 0.351 e. The standard InChI is InChI=1S/C24H30N4O.2C2H2O4/c29-23(17-27-13-15-28(16-14-27)18-7-2-1-3-8-18)26-24-19-9-4-5-11-21(19)25-22-12-6-10-20(22)24;2*3-1(4)2(5)6/h1-3,7-8H,4-6,9-17H2,(H,25,26,29);2*(H,3,4)(H,5,6). The average Bonchev–Trinajstić information content (AvgIpc) is 3.43. The van der Waals surface area contributed by atoms with Crippen LogP contribution in [-0.4, -0.2) is 77.7 Å². The molecule has 2 aromatic rings. The number of benzene rings is 1. The van der Waals surface area contributed by atoms with Crippen molar-refractivity contribution in [3.63, 3.8) is 0 Å². The van der Waals surface area contributed by atoms with Gasteiger partial charge in [0.2, 0.25) is 0 Å². The first-order valence-corrected chi connectivity index (χ1v) is 13.5. The number of pyridine rings is 1. The molecule has 1 fully saturated rings. The molecule has 3 aliphatic rings. The van der Waals surface area contributed by atoms with Crippen molar-refractivity contribution in [1.29, 1.82) is 0 Å². The summed E-state index contributed by atoms with van der Waals surface area (Å²) in [5.74, 6) is -7.84. The molecule has 0 saturated carbocycles. The third-order valence-corrected chi connectivity index (χ3v) is 7.27. The van der Waals surface area contributed by atoms with Crippen molar-refractivity contribution in [3.05, 3.63) is 52.8 Å². The van der Waals surface area contributed by atoms with Crippen LogP contribution in [0.2, 0.25) is 0 Å². The number of quaternary nitrogens is 2. The molecule has 13 heteroatoms. The number of hydrogen-bond donors (Lipinski definition) is 5. The zero-order valence-electron chi connectivity index (χ0n) is 22.6. The molecule has 2 heterocycles. The summed E-state index contributed by atoms with van der Waals surface area (Å²) in [7, 11) is 0. The Labute approximate surface area is 236 Å². The van der Waals surface area contributed by atoms with Crippen LogP contribution in [0.4, 0.5) is 11.4 Å². The first-order valence-electron chi connectivity index (χ1n) is 13.5. The molecule has 0 bridgehead atoms. The van der Waals surface area contributed by atoms with Gasteiger partial charge < -0.3 is 40.2 Å². The van der Waals surface area contributed by atoms with Gasteiger partial charge in [0.25, 0.3) is 5.91 Å². The predicted molar refractivity (Wildman–Crippen MR) is 139 cm³/mol. The van der Waals surface area contributed by atoms with Gasteiger partial charge in [0.05, 0.1) is 5.69 Å². The normalized spacial score (nSPS) is 18.6. The van der Waals surface area contributed by atoms with E-state index < -0.39 is 23.9 Å². The molecule has 5 N–H and O–H groups in total. The van der Waals surface area contributed by atoms with Gasteiger partial charge in [0, 0.05) is 11.4 Å². The van der Waals surface area contributed by atoms with Crippen molar-refractivity contribution in [2.24, 2.45) is 0 Å². The molecule has 0 spiro atoms. The van der Waals surface area contributed by atoms with E-state index in [1.54, 1.807) is 0 Å². The van der Waals surface area contributed by atoms with Crippen LogP contribution in [0, 0.1) is 0 Å². The lowest BCUT2D eigenvalue weighted by molar-refractivity contribution is -0.981. The van der Waals surface area contributed by atoms with Gasteiger partial charge in [0.15, 0.2) is 18.5 Å². The van der Waals surface area contributed by atoms with Gasteiger partial charge in [-0.25, -0.2) is 9.59 Å². The number of aliphatic carboxylic acids is 4. The van der Waals surface area contributed by atoms with Crippen LogP contribution in [0.15, 0.2) is 30.3 Å². The molecule has 2 aliphatic carbocycles. The first-order chi connectivity index (χ1) is 19.6. The van der Waals surface area contributed by atoms with Gasteiger partial charge in [-0.05, 0) is 68.2 Å². The number of carbonyl (C=O) groups excluding carboxylic acids is 3. The number of amides is 1. The Kier molecular flexibility index (Phi) is 11.3. The number of carboxylic acid groups (broad SMARTS) is 4. The van der Waals surface area contributed by atoms with Crippen molar-refractivity contribution < 1.29 is 54.2 Å². The van der Waals surface area contributed by atoms with Gasteiger partial charge in [-0.2, -0.15) is 0 Å². The third kappa shape index (κ3) is 9.08. The summed E-state index contributed by atoms with van der Waals surface area (Å²) in [6.07, 6.45) is 7.88. The molecular weight excluding hydrogens is 536 g/mol. The van der Waals surface area contributed by atoms with Gasteiger partial charge in [-0.15, -0.1) is 0 Å². The molecule has 13 nitrogen and oxygen atoms in total. The number of carboxylic acids is 4. The van der Waals surface area contributed by atoms with Crippen LogP contribution >= 0.6 is 0 Å². The first kappa shape index (κ1) is 31.2. The summed E-state index contributed by atoms with van der Waals surface area (Å²) < 4.78 is 0. The predicted octanol–water partition coefficient (Wildman–Crippen LogP) is -3.86. The Morgan fingerprint density at radius 1 is 0.756 bits per heavy atom. The second-order valence-electron chi connectivity index (χ2n) is 10.0. The minimum atomic E-state index is -2.07. The largest absolute Gasteiger partial charge is 0.539 e. The molecule has 5 rings (SSSR count). The maximum absolute atomic E-state index is 13.0. The Morgan fingerprint density at radius 2 is 1.24 bits per heavy atom. The van der Waals surface area contributed by atoms with Crippen molar-refractivity contribution in [2.75, 3.05) is 38.0 Å². The SMILES string of the molecule is O=C(C[NH+]1CC[NH+](c2ccccc2)CC1)Nc1c2c(nc3c1CCC3)CCCC2.O=C([O-])C(=O)O.O=C([O-])C(=O)O. The van der Waals surface area contributed by atoms with Crippen molar-refractivity contribution in [2.45, 2.75) is 44.9 Å². The van der Waals surface area contributed by atoms with E-state index in [0.29, 0.717) is 6.54 Å². The van der Waals surface area contributed by atoms with Gasteiger partial charge in [-0.1, -0.05) is 18.2 Å². The molecular formula is C28H34N4O9. The highest BCUT2D eigenvalue weighted by Crippen LogP contribution is 2.35. The number of nitrogens with one attached hydrogen (secondary N) is 3. The monoisotopic (exact) mass is 570 g/mol. The second kappa shape index (κ2) is 14.9. The molecule has 0 atom stereocenters. The number of aryl methyl sites for hydroxylation is 2. The van der Waals surface area contributed by atoms with E-state index in [4.69, 9.17) is 44.6 Å². The lowest BCUT2D eigenvalue weighted by Crippen LogP contribution is -3.26. The summed E-state index contributed by atoms with van der Waals surface area (Å²) >= 11 is 0. The summed E-state index contributed by atoms with van der Waals surface area (Å²) in [6.45, 7) is 4.85. The van der Waals surface area contributed by atoms with Crippen LogP contribution < -0.4 is 25.3 Å². The maximum Gasteiger partial charge on any atom is 0.351 e. The molecule has 1 saturated heterocycles. The van der Waals surface area contributed by atoms with Crippen molar-refractivity contribution in [3.8, 4) is 0 Å². The summed E-state index contributed by atoms with van der Waals surface area (Å²) in [4.78, 5) is 56.9. The summed E-state index contributed by atoms with van der Waals surface area (Å²) in [5.41, 5.74) is 7.66. The molecule has 0 radical (unpaired) electrons. The number of fused-ring (bicyclic) bond motifs is 2. The number of carbonyl (C=O) groups is 5. The van der Waals surface area contributed by atoms with Crippen LogP contribution in [0.1, 0.15) is 41.8 Å². The fraction of sp³-hybridized carbons (Fsp3) is 0.429. The number of anilines is 1. The summed E-state index contributed by atoms with van der Waals surface area (Å²) in [5, 5.41) is 36.0. The Morgan fingerprint density at radius 3 is 1.78 bits per heavy atom. The highest BCUT2D eigenvalue weighted by molar-refractivity contribution is 6.26.